The van der Waals surface area contributed by atoms with Crippen LogP contribution in [0.3, 0.4) is 0 Å². The Labute approximate surface area is 169 Å². The first-order valence-electron chi connectivity index (χ1n) is 8.86. The second-order valence-electron chi connectivity index (χ2n) is 6.01. The Bertz CT molecular complexity index is 663. The number of benzene rings is 1. The van der Waals surface area contributed by atoms with Crippen molar-refractivity contribution in [1.82, 2.24) is 10.6 Å². The van der Waals surface area contributed by atoms with Crippen LogP contribution in [0.25, 0.3) is 0 Å². The molecule has 1 aromatic carbocycles. The van der Waals surface area contributed by atoms with E-state index in [9.17, 15) is 35.9 Å². The summed E-state index contributed by atoms with van der Waals surface area (Å²) in [5.74, 6) is -4.25. The maximum absolute atomic E-state index is 11.9. The minimum absolute atomic E-state index is 0.0338. The standard InChI is InChI=1S/C16H21F3N2O2.C2H2F3NO/c17-16(18,19)15(23)21-11-6-2-5-9-14(22)20-12-10-13-7-3-1-4-8-13;3-2(4,5)1(6)7/h1,3-4,7-8H,2,5-6,9-12H2,(H,20,22)(H,21,23);(H2,6,7). The number of hydrogen-bond donors (Lipinski definition) is 3. The SMILES string of the molecule is NC(=O)C(F)(F)F.O=C(CCCCCNC(=O)C(F)(F)F)NCCc1ccccc1. The van der Waals surface area contributed by atoms with Crippen LogP contribution in [-0.4, -0.2) is 43.2 Å². The smallest absolute Gasteiger partial charge is 0.362 e. The summed E-state index contributed by atoms with van der Waals surface area (Å²) in [6.07, 6.45) is -7.01. The summed E-state index contributed by atoms with van der Waals surface area (Å²) in [5, 5.41) is 4.60. The third-order valence-corrected chi connectivity index (χ3v) is 3.48. The molecule has 0 spiro atoms. The van der Waals surface area contributed by atoms with Gasteiger partial charge in [0.15, 0.2) is 0 Å². The van der Waals surface area contributed by atoms with Gasteiger partial charge in [-0.15, -0.1) is 0 Å². The van der Waals surface area contributed by atoms with Crippen molar-refractivity contribution in [2.45, 2.75) is 44.5 Å². The number of primary amides is 1. The quantitative estimate of drug-likeness (QED) is 0.404. The molecule has 0 aromatic heterocycles. The number of rotatable bonds is 9. The molecular weight excluding hydrogens is 420 g/mol. The molecule has 0 radical (unpaired) electrons. The van der Waals surface area contributed by atoms with Gasteiger partial charge in [0.2, 0.25) is 5.91 Å². The Balaban J connectivity index is 0.00000103. The van der Waals surface area contributed by atoms with Gasteiger partial charge in [-0.05, 0) is 24.8 Å². The van der Waals surface area contributed by atoms with Crippen molar-refractivity contribution in [1.29, 1.82) is 0 Å². The highest BCUT2D eigenvalue weighted by Crippen LogP contribution is 2.14. The lowest BCUT2D eigenvalue weighted by molar-refractivity contribution is -0.173. The van der Waals surface area contributed by atoms with Crippen LogP contribution < -0.4 is 16.4 Å². The van der Waals surface area contributed by atoms with E-state index < -0.39 is 24.2 Å². The number of unbranched alkanes of at least 4 members (excludes halogenated alkanes) is 2. The highest BCUT2D eigenvalue weighted by molar-refractivity contribution is 5.81. The van der Waals surface area contributed by atoms with Crippen LogP contribution in [0.1, 0.15) is 31.2 Å². The monoisotopic (exact) mass is 443 g/mol. The third-order valence-electron chi connectivity index (χ3n) is 3.48. The zero-order valence-electron chi connectivity index (χ0n) is 15.9. The number of hydrogen-bond acceptors (Lipinski definition) is 3. The highest BCUT2D eigenvalue weighted by Gasteiger charge is 2.38. The fourth-order valence-electron chi connectivity index (χ4n) is 1.97. The molecule has 0 aliphatic carbocycles. The maximum atomic E-state index is 11.9. The topological polar surface area (TPSA) is 101 Å². The molecule has 0 heterocycles. The van der Waals surface area contributed by atoms with Gasteiger partial charge in [-0.2, -0.15) is 26.3 Å². The number of alkyl halides is 6. The molecule has 0 aliphatic rings. The average molecular weight is 443 g/mol. The average Bonchev–Trinajstić information content (AvgIpc) is 2.64. The number of carbonyl (C=O) groups is 3. The molecule has 0 atom stereocenters. The molecule has 4 N–H and O–H groups in total. The molecule has 30 heavy (non-hydrogen) atoms. The molecular formula is C18H23F6N3O3. The van der Waals surface area contributed by atoms with Gasteiger partial charge < -0.3 is 16.4 Å². The molecule has 0 unspecified atom stereocenters. The molecule has 6 nitrogen and oxygen atoms in total. The van der Waals surface area contributed by atoms with E-state index in [-0.39, 0.29) is 12.5 Å². The van der Waals surface area contributed by atoms with E-state index in [1.165, 1.54) is 0 Å². The fourth-order valence-corrected chi connectivity index (χ4v) is 1.97. The van der Waals surface area contributed by atoms with E-state index in [2.05, 4.69) is 11.1 Å². The molecule has 0 bridgehead atoms. The number of halogens is 6. The Hall–Kier alpha value is -2.79. The number of nitrogens with one attached hydrogen (secondary N) is 2. The van der Waals surface area contributed by atoms with Crippen molar-refractivity contribution in [2.75, 3.05) is 13.1 Å². The first-order chi connectivity index (χ1) is 13.8. The summed E-state index contributed by atoms with van der Waals surface area (Å²) < 4.78 is 67.8. The predicted octanol–water partition coefficient (Wildman–Crippen LogP) is 2.62. The van der Waals surface area contributed by atoms with Crippen LogP contribution in [0, 0.1) is 0 Å². The van der Waals surface area contributed by atoms with Gasteiger partial charge in [-0.1, -0.05) is 36.8 Å². The normalized spacial score (nSPS) is 11.1. The van der Waals surface area contributed by atoms with Gasteiger partial charge in [-0.3, -0.25) is 14.4 Å². The van der Waals surface area contributed by atoms with E-state index in [1.54, 1.807) is 5.32 Å². The van der Waals surface area contributed by atoms with Crippen molar-refractivity contribution >= 4 is 17.7 Å². The maximum Gasteiger partial charge on any atom is 0.471 e. The number of amides is 3. The van der Waals surface area contributed by atoms with Crippen molar-refractivity contribution in [3.8, 4) is 0 Å². The summed E-state index contributed by atoms with van der Waals surface area (Å²) in [6, 6.07) is 9.78. The molecule has 12 heteroatoms. The van der Waals surface area contributed by atoms with Gasteiger partial charge in [0.25, 0.3) is 0 Å². The Kier molecular flexibility index (Phi) is 12.2. The van der Waals surface area contributed by atoms with E-state index in [0.29, 0.717) is 32.2 Å². The molecule has 0 aliphatic heterocycles. The molecule has 0 saturated heterocycles. The van der Waals surface area contributed by atoms with E-state index in [1.807, 2.05) is 30.3 Å². The second kappa shape index (κ2) is 13.4. The predicted molar refractivity (Wildman–Crippen MR) is 95.9 cm³/mol. The molecule has 1 rings (SSSR count). The number of carbonyl (C=O) groups excluding carboxylic acids is 3. The lowest BCUT2D eigenvalue weighted by Crippen LogP contribution is -2.37. The molecule has 3 amide bonds. The van der Waals surface area contributed by atoms with E-state index in [0.717, 1.165) is 12.0 Å². The summed E-state index contributed by atoms with van der Waals surface area (Å²) in [4.78, 5) is 31.2. The van der Waals surface area contributed by atoms with Gasteiger partial charge in [-0.25, -0.2) is 0 Å². The van der Waals surface area contributed by atoms with Crippen molar-refractivity contribution < 1.29 is 40.7 Å². The van der Waals surface area contributed by atoms with Gasteiger partial charge in [0, 0.05) is 19.5 Å². The van der Waals surface area contributed by atoms with Crippen molar-refractivity contribution in [3.63, 3.8) is 0 Å². The first kappa shape index (κ1) is 27.2. The van der Waals surface area contributed by atoms with Gasteiger partial charge >= 0.3 is 24.2 Å². The molecule has 170 valence electrons. The second-order valence-corrected chi connectivity index (χ2v) is 6.01. The highest BCUT2D eigenvalue weighted by atomic mass is 19.4. The number of nitrogens with two attached hydrogens (primary N) is 1. The fraction of sp³-hybridized carbons (Fsp3) is 0.500. The van der Waals surface area contributed by atoms with Crippen molar-refractivity contribution in [3.05, 3.63) is 35.9 Å². The van der Waals surface area contributed by atoms with E-state index >= 15 is 0 Å². The van der Waals surface area contributed by atoms with Crippen molar-refractivity contribution in [2.24, 2.45) is 5.73 Å². The molecule has 0 saturated carbocycles. The Morgan fingerprint density at radius 1 is 0.800 bits per heavy atom. The van der Waals surface area contributed by atoms with Crippen LogP contribution in [-0.2, 0) is 20.8 Å². The van der Waals surface area contributed by atoms with Gasteiger partial charge in [0.05, 0.1) is 0 Å². The molecule has 0 fully saturated rings. The third kappa shape index (κ3) is 14.2. The van der Waals surface area contributed by atoms with Crippen LogP contribution in [0.15, 0.2) is 30.3 Å². The first-order valence-corrected chi connectivity index (χ1v) is 8.86. The lowest BCUT2D eigenvalue weighted by atomic mass is 10.1. The molecule has 1 aromatic rings. The van der Waals surface area contributed by atoms with E-state index in [4.69, 9.17) is 4.79 Å². The van der Waals surface area contributed by atoms with Crippen LogP contribution in [0.5, 0.6) is 0 Å². The van der Waals surface area contributed by atoms with Gasteiger partial charge in [0.1, 0.15) is 0 Å². The lowest BCUT2D eigenvalue weighted by Gasteiger charge is -2.08. The zero-order valence-corrected chi connectivity index (χ0v) is 15.9. The largest absolute Gasteiger partial charge is 0.471 e. The zero-order chi connectivity index (χ0) is 23.2. The Morgan fingerprint density at radius 2 is 1.37 bits per heavy atom. The summed E-state index contributed by atoms with van der Waals surface area (Å²) in [6.45, 7) is 0.526. The summed E-state index contributed by atoms with van der Waals surface area (Å²) in [5.41, 5.74) is 4.95. The van der Waals surface area contributed by atoms with Crippen LogP contribution >= 0.6 is 0 Å². The summed E-state index contributed by atoms with van der Waals surface area (Å²) in [7, 11) is 0. The van der Waals surface area contributed by atoms with Crippen LogP contribution in [0.2, 0.25) is 0 Å². The van der Waals surface area contributed by atoms with Crippen LogP contribution in [0.4, 0.5) is 26.3 Å². The minimum Gasteiger partial charge on any atom is -0.362 e. The summed E-state index contributed by atoms with van der Waals surface area (Å²) >= 11 is 0. The Morgan fingerprint density at radius 3 is 1.87 bits per heavy atom. The minimum atomic E-state index is -4.86.